The van der Waals surface area contributed by atoms with Crippen LogP contribution in [-0.2, 0) is 16.6 Å². The second-order valence-corrected chi connectivity index (χ2v) is 7.39. The molecule has 0 heterocycles. The van der Waals surface area contributed by atoms with E-state index in [2.05, 4.69) is 11.9 Å². The van der Waals surface area contributed by atoms with Crippen LogP contribution in [0.4, 0.5) is 0 Å². The summed E-state index contributed by atoms with van der Waals surface area (Å²) in [5.41, 5.74) is 1.35. The lowest BCUT2D eigenvalue weighted by atomic mass is 10.1. The van der Waals surface area contributed by atoms with E-state index in [4.69, 9.17) is 0 Å². The van der Waals surface area contributed by atoms with Crippen LogP contribution in [0.3, 0.4) is 0 Å². The minimum Gasteiger partial charge on any atom is -0.352 e. The first-order chi connectivity index (χ1) is 12.0. The average molecular weight is 358 g/mol. The number of hydrogen-bond donors (Lipinski definition) is 1. The Labute approximate surface area is 149 Å². The number of benzene rings is 2. The van der Waals surface area contributed by atoms with E-state index in [0.717, 1.165) is 5.56 Å². The highest BCUT2D eigenvalue weighted by Crippen LogP contribution is 2.18. The van der Waals surface area contributed by atoms with Crippen molar-refractivity contribution < 1.29 is 13.2 Å². The van der Waals surface area contributed by atoms with Gasteiger partial charge in [0.15, 0.2) is 0 Å². The highest BCUT2D eigenvalue weighted by Gasteiger charge is 2.23. The third kappa shape index (κ3) is 4.78. The van der Waals surface area contributed by atoms with Gasteiger partial charge >= 0.3 is 0 Å². The molecule has 0 aliphatic heterocycles. The predicted molar refractivity (Wildman–Crippen MR) is 98.7 cm³/mol. The molecule has 25 heavy (non-hydrogen) atoms. The lowest BCUT2D eigenvalue weighted by Gasteiger charge is -2.21. The van der Waals surface area contributed by atoms with E-state index in [1.807, 2.05) is 6.92 Å². The molecular formula is C19H22N2O3S. The van der Waals surface area contributed by atoms with E-state index >= 15 is 0 Å². The van der Waals surface area contributed by atoms with Crippen LogP contribution in [0, 0.1) is 0 Å². The SMILES string of the molecule is C=CCN(Cc1ccc(C(=O)NCC)cc1)S(=O)(=O)c1ccccc1. The summed E-state index contributed by atoms with van der Waals surface area (Å²) in [4.78, 5) is 12.0. The number of nitrogens with one attached hydrogen (secondary N) is 1. The van der Waals surface area contributed by atoms with Crippen molar-refractivity contribution in [3.05, 3.63) is 78.4 Å². The zero-order valence-corrected chi connectivity index (χ0v) is 15.0. The van der Waals surface area contributed by atoms with Crippen molar-refractivity contribution in [3.63, 3.8) is 0 Å². The van der Waals surface area contributed by atoms with Crippen molar-refractivity contribution in [2.75, 3.05) is 13.1 Å². The summed E-state index contributed by atoms with van der Waals surface area (Å²) in [6, 6.07) is 15.2. The molecule has 0 bridgehead atoms. The summed E-state index contributed by atoms with van der Waals surface area (Å²) < 4.78 is 27.0. The van der Waals surface area contributed by atoms with Gasteiger partial charge in [-0.05, 0) is 36.8 Å². The zero-order chi connectivity index (χ0) is 18.3. The van der Waals surface area contributed by atoms with Crippen molar-refractivity contribution in [3.8, 4) is 0 Å². The van der Waals surface area contributed by atoms with E-state index < -0.39 is 10.0 Å². The lowest BCUT2D eigenvalue weighted by molar-refractivity contribution is 0.0956. The molecule has 0 atom stereocenters. The maximum Gasteiger partial charge on any atom is 0.251 e. The van der Waals surface area contributed by atoms with Gasteiger partial charge in [-0.2, -0.15) is 4.31 Å². The maximum absolute atomic E-state index is 12.8. The van der Waals surface area contributed by atoms with Gasteiger partial charge in [-0.25, -0.2) is 8.42 Å². The number of carbonyl (C=O) groups is 1. The molecule has 0 aromatic heterocycles. The molecule has 5 nitrogen and oxygen atoms in total. The zero-order valence-electron chi connectivity index (χ0n) is 14.2. The number of sulfonamides is 1. The minimum absolute atomic E-state index is 0.145. The number of hydrogen-bond acceptors (Lipinski definition) is 3. The topological polar surface area (TPSA) is 66.5 Å². The molecule has 0 aliphatic carbocycles. The van der Waals surface area contributed by atoms with Crippen molar-refractivity contribution in [2.45, 2.75) is 18.4 Å². The number of amides is 1. The molecule has 2 rings (SSSR count). The van der Waals surface area contributed by atoms with Crippen LogP contribution in [0.15, 0.2) is 72.1 Å². The summed E-state index contributed by atoms with van der Waals surface area (Å²) in [6.07, 6.45) is 1.56. The second kappa shape index (κ2) is 8.60. The monoisotopic (exact) mass is 358 g/mol. The molecule has 0 saturated heterocycles. The van der Waals surface area contributed by atoms with Gasteiger partial charge < -0.3 is 5.32 Å². The maximum atomic E-state index is 12.8. The number of rotatable bonds is 8. The van der Waals surface area contributed by atoms with Crippen LogP contribution in [0.1, 0.15) is 22.8 Å². The van der Waals surface area contributed by atoms with Crippen molar-refractivity contribution >= 4 is 15.9 Å². The molecule has 0 spiro atoms. The lowest BCUT2D eigenvalue weighted by Crippen LogP contribution is -2.30. The normalized spacial score (nSPS) is 11.3. The van der Waals surface area contributed by atoms with Gasteiger partial charge in [0, 0.05) is 25.2 Å². The van der Waals surface area contributed by atoms with Crippen LogP contribution >= 0.6 is 0 Å². The van der Waals surface area contributed by atoms with E-state index in [9.17, 15) is 13.2 Å². The van der Waals surface area contributed by atoms with Crippen LogP contribution in [0.5, 0.6) is 0 Å². The molecule has 1 N–H and O–H groups in total. The second-order valence-electron chi connectivity index (χ2n) is 5.46. The number of nitrogens with zero attached hydrogens (tertiary/aromatic N) is 1. The fourth-order valence-electron chi connectivity index (χ4n) is 2.36. The molecule has 0 radical (unpaired) electrons. The highest BCUT2D eigenvalue weighted by molar-refractivity contribution is 7.89. The highest BCUT2D eigenvalue weighted by atomic mass is 32.2. The summed E-state index contributed by atoms with van der Waals surface area (Å²) in [5, 5.41) is 2.73. The Morgan fingerprint density at radius 2 is 1.76 bits per heavy atom. The predicted octanol–water partition coefficient (Wildman–Crippen LogP) is 2.81. The molecule has 2 aromatic rings. The molecule has 0 fully saturated rings. The fraction of sp³-hybridized carbons (Fsp3) is 0.211. The third-order valence-electron chi connectivity index (χ3n) is 3.63. The van der Waals surface area contributed by atoms with Gasteiger partial charge in [0.1, 0.15) is 0 Å². The summed E-state index contributed by atoms with van der Waals surface area (Å²) in [6.45, 7) is 6.47. The average Bonchev–Trinajstić information content (AvgIpc) is 2.63. The molecule has 2 aromatic carbocycles. The Bertz CT molecular complexity index is 816. The Morgan fingerprint density at radius 3 is 2.32 bits per heavy atom. The van der Waals surface area contributed by atoms with Crippen LogP contribution in [0.2, 0.25) is 0 Å². The first-order valence-corrected chi connectivity index (χ1v) is 9.46. The Balaban J connectivity index is 2.22. The largest absolute Gasteiger partial charge is 0.352 e. The van der Waals surface area contributed by atoms with Gasteiger partial charge in [-0.3, -0.25) is 4.79 Å². The van der Waals surface area contributed by atoms with Crippen molar-refractivity contribution in [2.24, 2.45) is 0 Å². The van der Waals surface area contributed by atoms with Crippen LogP contribution in [-0.4, -0.2) is 31.7 Å². The van der Waals surface area contributed by atoms with Crippen molar-refractivity contribution in [1.82, 2.24) is 9.62 Å². The van der Waals surface area contributed by atoms with Gasteiger partial charge in [-0.15, -0.1) is 6.58 Å². The van der Waals surface area contributed by atoms with Crippen molar-refractivity contribution in [1.29, 1.82) is 0 Å². The summed E-state index contributed by atoms with van der Waals surface area (Å²) >= 11 is 0. The standard InChI is InChI=1S/C19H22N2O3S/c1-3-14-21(25(23,24)18-8-6-5-7-9-18)15-16-10-12-17(13-11-16)19(22)20-4-2/h3,5-13H,1,4,14-15H2,2H3,(H,20,22). The van der Waals surface area contributed by atoms with E-state index in [1.54, 1.807) is 60.7 Å². The van der Waals surface area contributed by atoms with E-state index in [-0.39, 0.29) is 23.9 Å². The molecule has 0 unspecified atom stereocenters. The number of carbonyl (C=O) groups excluding carboxylic acids is 1. The first kappa shape index (κ1) is 18.9. The molecule has 6 heteroatoms. The molecule has 1 amide bonds. The summed E-state index contributed by atoms with van der Waals surface area (Å²) in [7, 11) is -3.61. The molecule has 0 saturated carbocycles. The minimum atomic E-state index is -3.61. The molecule has 132 valence electrons. The quantitative estimate of drug-likeness (QED) is 0.738. The van der Waals surface area contributed by atoms with Gasteiger partial charge in [0.2, 0.25) is 10.0 Å². The van der Waals surface area contributed by atoms with Gasteiger partial charge in [-0.1, -0.05) is 36.4 Å². The van der Waals surface area contributed by atoms with E-state index in [0.29, 0.717) is 12.1 Å². The van der Waals surface area contributed by atoms with E-state index in [1.165, 1.54) is 4.31 Å². The Morgan fingerprint density at radius 1 is 1.12 bits per heavy atom. The molecular weight excluding hydrogens is 336 g/mol. The summed E-state index contributed by atoms with van der Waals surface area (Å²) in [5.74, 6) is -0.145. The van der Waals surface area contributed by atoms with Crippen LogP contribution in [0.25, 0.3) is 0 Å². The third-order valence-corrected chi connectivity index (χ3v) is 5.45. The van der Waals surface area contributed by atoms with Gasteiger partial charge in [0.25, 0.3) is 5.91 Å². The van der Waals surface area contributed by atoms with Gasteiger partial charge in [0.05, 0.1) is 4.90 Å². The smallest absolute Gasteiger partial charge is 0.251 e. The van der Waals surface area contributed by atoms with Crippen LogP contribution < -0.4 is 5.32 Å². The first-order valence-electron chi connectivity index (χ1n) is 8.02. The molecule has 0 aliphatic rings. The Hall–Kier alpha value is -2.44. The Kier molecular flexibility index (Phi) is 6.50. The fourth-order valence-corrected chi connectivity index (χ4v) is 3.78.